The molecule has 4 heterocycles. The normalized spacial score (nSPS) is 27.3. The quantitative estimate of drug-likeness (QED) is 0.733. The number of likely N-dealkylation sites (tertiary alicyclic amines) is 1. The summed E-state index contributed by atoms with van der Waals surface area (Å²) in [6, 6.07) is 0. The molecule has 8 heteroatoms. The molecule has 1 amide bonds. The highest BCUT2D eigenvalue weighted by Gasteiger charge is 2.46. The second kappa shape index (κ2) is 5.76. The summed E-state index contributed by atoms with van der Waals surface area (Å²) < 4.78 is 10.4. The molecule has 0 unspecified atom stereocenters. The second-order valence-electron chi connectivity index (χ2n) is 6.22. The van der Waals surface area contributed by atoms with E-state index >= 15 is 0 Å². The number of thiazole rings is 1. The molecule has 0 N–H and O–H groups in total. The molecular weight excluding hydrogens is 318 g/mol. The molecule has 3 aliphatic heterocycles. The zero-order valence-electron chi connectivity index (χ0n) is 13.0. The van der Waals surface area contributed by atoms with Crippen LogP contribution in [0.1, 0.15) is 15.4 Å². The molecule has 0 bridgehead atoms. The predicted molar refractivity (Wildman–Crippen MR) is 83.7 cm³/mol. The van der Waals surface area contributed by atoms with E-state index in [-0.39, 0.29) is 23.7 Å². The number of morpholine rings is 1. The maximum atomic E-state index is 12.8. The number of fused-ring (bicyclic) bond motifs is 1. The number of hydrogen-bond acceptors (Lipinski definition) is 7. The lowest BCUT2D eigenvalue weighted by atomic mass is 10.0. The summed E-state index contributed by atoms with van der Waals surface area (Å²) in [5, 5.41) is 0.882. The van der Waals surface area contributed by atoms with Gasteiger partial charge in [0.05, 0.1) is 31.4 Å². The number of nitrogens with zero attached hydrogens (tertiary/aromatic N) is 3. The van der Waals surface area contributed by atoms with Crippen LogP contribution in [0, 0.1) is 18.8 Å². The molecule has 3 aliphatic rings. The van der Waals surface area contributed by atoms with Crippen molar-refractivity contribution < 1.29 is 19.1 Å². The molecule has 1 aromatic heterocycles. The highest BCUT2D eigenvalue weighted by Crippen LogP contribution is 2.33. The summed E-state index contributed by atoms with van der Waals surface area (Å²) in [7, 11) is 0. The van der Waals surface area contributed by atoms with Gasteiger partial charge in [-0.2, -0.15) is 0 Å². The van der Waals surface area contributed by atoms with E-state index in [2.05, 4.69) is 9.88 Å². The molecule has 23 heavy (non-hydrogen) atoms. The number of amides is 1. The van der Waals surface area contributed by atoms with Crippen LogP contribution in [-0.2, 0) is 14.3 Å². The summed E-state index contributed by atoms with van der Waals surface area (Å²) in [6.07, 6.45) is 0. The minimum absolute atomic E-state index is 0.0123. The van der Waals surface area contributed by atoms with Gasteiger partial charge in [-0.05, 0) is 6.92 Å². The molecule has 3 fully saturated rings. The first-order chi connectivity index (χ1) is 11.1. The lowest BCUT2D eigenvalue weighted by molar-refractivity contribution is -0.141. The average Bonchev–Trinajstić information content (AvgIpc) is 3.24. The Hall–Kier alpha value is -1.67. The van der Waals surface area contributed by atoms with Crippen LogP contribution in [0.25, 0.3) is 0 Å². The van der Waals surface area contributed by atoms with Crippen molar-refractivity contribution in [2.24, 2.45) is 11.8 Å². The minimum Gasteiger partial charge on any atom is -0.465 e. The number of carbonyl (C=O) groups excluding carboxylic acids is 2. The van der Waals surface area contributed by atoms with Crippen molar-refractivity contribution >= 4 is 28.3 Å². The third kappa shape index (κ3) is 2.59. The topological polar surface area (TPSA) is 72.0 Å². The maximum absolute atomic E-state index is 12.8. The van der Waals surface area contributed by atoms with Crippen molar-refractivity contribution in [1.82, 2.24) is 9.88 Å². The van der Waals surface area contributed by atoms with E-state index < -0.39 is 0 Å². The monoisotopic (exact) mass is 337 g/mol. The molecule has 7 nitrogen and oxygen atoms in total. The summed E-state index contributed by atoms with van der Waals surface area (Å²) in [6.45, 7) is 6.37. The zero-order valence-corrected chi connectivity index (χ0v) is 13.8. The van der Waals surface area contributed by atoms with Gasteiger partial charge in [-0.1, -0.05) is 11.3 Å². The summed E-state index contributed by atoms with van der Waals surface area (Å²) >= 11 is 1.44. The summed E-state index contributed by atoms with van der Waals surface area (Å²) in [5.74, 6) is -0.175. The Morgan fingerprint density at radius 1 is 1.30 bits per heavy atom. The molecule has 1 aromatic rings. The van der Waals surface area contributed by atoms with E-state index in [1.54, 1.807) is 4.90 Å². The Balaban J connectivity index is 1.50. The van der Waals surface area contributed by atoms with Gasteiger partial charge in [0.15, 0.2) is 5.13 Å². The van der Waals surface area contributed by atoms with Crippen LogP contribution in [0.4, 0.5) is 5.13 Å². The molecule has 0 radical (unpaired) electrons. The number of esters is 1. The van der Waals surface area contributed by atoms with Crippen LogP contribution in [-0.4, -0.2) is 67.8 Å². The molecular formula is C15H19N3O4S. The Morgan fingerprint density at radius 3 is 2.83 bits per heavy atom. The van der Waals surface area contributed by atoms with Crippen LogP contribution >= 0.6 is 11.3 Å². The maximum Gasteiger partial charge on any atom is 0.311 e. The number of carbonyl (C=O) groups is 2. The van der Waals surface area contributed by atoms with Gasteiger partial charge in [0.2, 0.25) is 0 Å². The van der Waals surface area contributed by atoms with Gasteiger partial charge in [-0.25, -0.2) is 4.98 Å². The number of aromatic nitrogens is 1. The first-order valence-electron chi connectivity index (χ1n) is 7.89. The van der Waals surface area contributed by atoms with Crippen LogP contribution < -0.4 is 4.90 Å². The van der Waals surface area contributed by atoms with Crippen LogP contribution in [0.5, 0.6) is 0 Å². The minimum atomic E-state index is -0.166. The third-order valence-electron chi connectivity index (χ3n) is 4.73. The fraction of sp³-hybridized carbons (Fsp3) is 0.667. The van der Waals surface area contributed by atoms with E-state index in [4.69, 9.17) is 9.47 Å². The molecule has 0 aliphatic carbocycles. The molecule has 0 saturated carbocycles. The third-order valence-corrected chi connectivity index (χ3v) is 5.94. The van der Waals surface area contributed by atoms with Gasteiger partial charge >= 0.3 is 5.97 Å². The van der Waals surface area contributed by atoms with Crippen LogP contribution in [0.3, 0.4) is 0 Å². The van der Waals surface area contributed by atoms with Gasteiger partial charge in [0.25, 0.3) is 5.91 Å². The number of aryl methyl sites for hydroxylation is 1. The van der Waals surface area contributed by atoms with E-state index in [0.717, 1.165) is 23.9 Å². The molecule has 0 aromatic carbocycles. The van der Waals surface area contributed by atoms with E-state index in [1.807, 2.05) is 6.92 Å². The molecule has 3 saturated heterocycles. The Morgan fingerprint density at radius 2 is 2.09 bits per heavy atom. The lowest BCUT2D eigenvalue weighted by Gasteiger charge is -2.26. The number of hydrogen-bond donors (Lipinski definition) is 0. The SMILES string of the molecule is Cc1nc(N2CCOCC2)sc1C(=O)N1C[C@@H]2COC(=O)[C@@H]2C1. The number of cyclic esters (lactones) is 1. The largest absolute Gasteiger partial charge is 0.465 e. The highest BCUT2D eigenvalue weighted by molar-refractivity contribution is 7.17. The van der Waals surface area contributed by atoms with E-state index in [0.29, 0.717) is 37.8 Å². The molecule has 2 atom stereocenters. The van der Waals surface area contributed by atoms with Crippen molar-refractivity contribution in [2.75, 3.05) is 50.9 Å². The molecule has 4 rings (SSSR count). The first kappa shape index (κ1) is 14.9. The van der Waals surface area contributed by atoms with E-state index in [9.17, 15) is 9.59 Å². The van der Waals surface area contributed by atoms with Gasteiger partial charge in [0, 0.05) is 32.1 Å². The molecule has 124 valence electrons. The van der Waals surface area contributed by atoms with Crippen molar-refractivity contribution in [1.29, 1.82) is 0 Å². The first-order valence-corrected chi connectivity index (χ1v) is 8.71. The predicted octanol–water partition coefficient (Wildman–Crippen LogP) is 0.533. The van der Waals surface area contributed by atoms with Crippen molar-refractivity contribution in [3.63, 3.8) is 0 Å². The number of anilines is 1. The number of ether oxygens (including phenoxy) is 2. The van der Waals surface area contributed by atoms with Gasteiger partial charge < -0.3 is 19.3 Å². The second-order valence-corrected chi connectivity index (χ2v) is 7.19. The van der Waals surface area contributed by atoms with Crippen molar-refractivity contribution in [2.45, 2.75) is 6.92 Å². The fourth-order valence-electron chi connectivity index (χ4n) is 3.38. The summed E-state index contributed by atoms with van der Waals surface area (Å²) in [4.78, 5) is 33.6. The fourth-order valence-corrected chi connectivity index (χ4v) is 4.47. The Bertz CT molecular complexity index is 641. The Labute approximate surface area is 138 Å². The zero-order chi connectivity index (χ0) is 16.0. The van der Waals surface area contributed by atoms with E-state index in [1.165, 1.54) is 11.3 Å². The molecule has 0 spiro atoms. The van der Waals surface area contributed by atoms with Gasteiger partial charge in [-0.3, -0.25) is 9.59 Å². The standard InChI is InChI=1S/C15H19N3O4S/c1-9-12(23-15(16-9)17-2-4-21-5-3-17)13(19)18-6-10-8-22-14(20)11(10)7-18/h10-11H,2-8H2,1H3/t10-,11-/m1/s1. The average molecular weight is 337 g/mol. The summed E-state index contributed by atoms with van der Waals surface area (Å²) in [5.41, 5.74) is 0.765. The van der Waals surface area contributed by atoms with Crippen molar-refractivity contribution in [3.05, 3.63) is 10.6 Å². The van der Waals surface area contributed by atoms with Gasteiger partial charge in [0.1, 0.15) is 4.88 Å². The highest BCUT2D eigenvalue weighted by atomic mass is 32.1. The van der Waals surface area contributed by atoms with Crippen LogP contribution in [0.2, 0.25) is 0 Å². The smallest absolute Gasteiger partial charge is 0.311 e. The van der Waals surface area contributed by atoms with Gasteiger partial charge in [-0.15, -0.1) is 0 Å². The number of rotatable bonds is 2. The van der Waals surface area contributed by atoms with Crippen molar-refractivity contribution in [3.8, 4) is 0 Å². The van der Waals surface area contributed by atoms with Crippen LogP contribution in [0.15, 0.2) is 0 Å². The lowest BCUT2D eigenvalue weighted by Crippen LogP contribution is -2.36. The Kier molecular flexibility index (Phi) is 3.73.